The Morgan fingerprint density at radius 1 is 1.21 bits per heavy atom. The van der Waals surface area contributed by atoms with Crippen LogP contribution in [0.2, 0.25) is 5.02 Å². The van der Waals surface area contributed by atoms with Gasteiger partial charge in [-0.25, -0.2) is 4.79 Å². The molecule has 9 heteroatoms. The molecule has 7 nitrogen and oxygen atoms in total. The van der Waals surface area contributed by atoms with Crippen molar-refractivity contribution in [3.63, 3.8) is 0 Å². The Morgan fingerprint density at radius 2 is 1.83 bits per heavy atom. The molecule has 0 saturated heterocycles. The van der Waals surface area contributed by atoms with Crippen LogP contribution in [0.15, 0.2) is 24.3 Å². The standard InChI is InChI=1S/C15H21ClNO6P/c1-10(2)14(18)22-9-23-15(19)17-7-12(8-24(20)21)11-3-5-13(16)6-4-11/h3-6,10,12,20-21H,7-9H2,1-2H3,(H,17,19)/t12-/m0/s1. The van der Waals surface area contributed by atoms with Crippen LogP contribution in [0.4, 0.5) is 4.79 Å². The Bertz CT molecular complexity index is 537. The van der Waals surface area contributed by atoms with Gasteiger partial charge in [-0.15, -0.1) is 0 Å². The minimum atomic E-state index is -2.12. The molecule has 134 valence electrons. The maximum atomic E-state index is 11.6. The minimum absolute atomic E-state index is 0.0968. The summed E-state index contributed by atoms with van der Waals surface area (Å²) in [5.41, 5.74) is 0.807. The molecule has 1 aromatic rings. The van der Waals surface area contributed by atoms with E-state index in [9.17, 15) is 19.4 Å². The van der Waals surface area contributed by atoms with E-state index in [0.29, 0.717) is 5.02 Å². The lowest BCUT2D eigenvalue weighted by Crippen LogP contribution is -2.31. The summed E-state index contributed by atoms with van der Waals surface area (Å²) in [6.45, 7) is 3.00. The van der Waals surface area contributed by atoms with Crippen molar-refractivity contribution in [2.75, 3.05) is 19.5 Å². The van der Waals surface area contributed by atoms with Crippen LogP contribution in [0, 0.1) is 5.92 Å². The molecule has 0 spiro atoms. The molecule has 0 aromatic heterocycles. The quantitative estimate of drug-likeness (QED) is 0.365. The monoisotopic (exact) mass is 377 g/mol. The first kappa shape index (κ1) is 20.6. The molecule has 0 radical (unpaired) electrons. The van der Waals surface area contributed by atoms with Crippen molar-refractivity contribution in [3.8, 4) is 0 Å². The number of amides is 1. The predicted octanol–water partition coefficient (Wildman–Crippen LogP) is 2.60. The number of ether oxygens (including phenoxy) is 2. The van der Waals surface area contributed by atoms with Gasteiger partial charge in [0, 0.05) is 23.6 Å². The highest BCUT2D eigenvalue weighted by atomic mass is 35.5. The number of hydrogen-bond donors (Lipinski definition) is 3. The van der Waals surface area contributed by atoms with E-state index in [4.69, 9.17) is 21.1 Å². The molecule has 0 unspecified atom stereocenters. The van der Waals surface area contributed by atoms with E-state index in [1.807, 2.05) is 0 Å². The summed E-state index contributed by atoms with van der Waals surface area (Å²) in [6, 6.07) is 6.88. The second kappa shape index (κ2) is 10.5. The first-order valence-corrected chi connectivity index (χ1v) is 9.08. The molecule has 1 aromatic carbocycles. The molecule has 0 fully saturated rings. The average molecular weight is 378 g/mol. The number of halogens is 1. The summed E-state index contributed by atoms with van der Waals surface area (Å²) in [6.07, 6.45) is -0.662. The van der Waals surface area contributed by atoms with Crippen molar-refractivity contribution in [1.29, 1.82) is 0 Å². The van der Waals surface area contributed by atoms with E-state index >= 15 is 0 Å². The number of carbonyl (C=O) groups is 2. The number of benzene rings is 1. The molecule has 3 N–H and O–H groups in total. The summed E-state index contributed by atoms with van der Waals surface area (Å²) in [4.78, 5) is 41.3. The summed E-state index contributed by atoms with van der Waals surface area (Å²) >= 11 is 5.83. The highest BCUT2D eigenvalue weighted by Gasteiger charge is 2.18. The van der Waals surface area contributed by atoms with Gasteiger partial charge in [-0.3, -0.25) is 4.79 Å². The van der Waals surface area contributed by atoms with Crippen LogP contribution >= 0.6 is 20.0 Å². The molecule has 0 heterocycles. The van der Waals surface area contributed by atoms with Crippen molar-refractivity contribution >= 4 is 32.0 Å². The molecule has 0 aliphatic rings. The number of esters is 1. The van der Waals surface area contributed by atoms with Crippen molar-refractivity contribution < 1.29 is 28.8 Å². The summed E-state index contributed by atoms with van der Waals surface area (Å²) in [5, 5.41) is 3.07. The molecule has 1 atom stereocenters. The maximum Gasteiger partial charge on any atom is 0.410 e. The summed E-state index contributed by atoms with van der Waals surface area (Å²) < 4.78 is 9.47. The molecule has 0 bridgehead atoms. The highest BCUT2D eigenvalue weighted by molar-refractivity contribution is 7.45. The van der Waals surface area contributed by atoms with Gasteiger partial charge in [0.05, 0.1) is 5.92 Å². The second-order valence-corrected chi connectivity index (χ2v) is 6.90. The van der Waals surface area contributed by atoms with Crippen molar-refractivity contribution in [1.82, 2.24) is 5.32 Å². The highest BCUT2D eigenvalue weighted by Crippen LogP contribution is 2.32. The van der Waals surface area contributed by atoms with Gasteiger partial charge in [-0.05, 0) is 17.7 Å². The van der Waals surface area contributed by atoms with Gasteiger partial charge >= 0.3 is 12.1 Å². The largest absolute Gasteiger partial charge is 0.428 e. The van der Waals surface area contributed by atoms with Gasteiger partial charge in [0.2, 0.25) is 6.79 Å². The number of rotatable bonds is 8. The number of alkyl carbamates (subject to hydrolysis) is 1. The zero-order valence-corrected chi connectivity index (χ0v) is 15.1. The van der Waals surface area contributed by atoms with Gasteiger partial charge in [0.15, 0.2) is 8.38 Å². The van der Waals surface area contributed by atoms with E-state index in [-0.39, 0.29) is 24.5 Å². The van der Waals surface area contributed by atoms with E-state index < -0.39 is 27.2 Å². The summed E-state index contributed by atoms with van der Waals surface area (Å²) in [7, 11) is -2.12. The van der Waals surface area contributed by atoms with Crippen LogP contribution in [0.25, 0.3) is 0 Å². The molecular weight excluding hydrogens is 357 g/mol. The van der Waals surface area contributed by atoms with E-state index in [1.165, 1.54) is 0 Å². The Balaban J connectivity index is 2.48. The van der Waals surface area contributed by atoms with Crippen LogP contribution in [0.5, 0.6) is 0 Å². The summed E-state index contributed by atoms with van der Waals surface area (Å²) in [5.74, 6) is -1.08. The first-order valence-electron chi connectivity index (χ1n) is 7.27. The molecule has 0 saturated carbocycles. The van der Waals surface area contributed by atoms with Crippen LogP contribution < -0.4 is 5.32 Å². The minimum Gasteiger partial charge on any atom is -0.428 e. The fourth-order valence-corrected chi connectivity index (χ4v) is 2.65. The number of nitrogens with one attached hydrogen (secondary N) is 1. The van der Waals surface area contributed by atoms with E-state index in [1.54, 1.807) is 38.1 Å². The van der Waals surface area contributed by atoms with E-state index in [0.717, 1.165) is 5.56 Å². The zero-order chi connectivity index (χ0) is 18.1. The van der Waals surface area contributed by atoms with Gasteiger partial charge < -0.3 is 24.6 Å². The van der Waals surface area contributed by atoms with Gasteiger partial charge in [-0.1, -0.05) is 37.6 Å². The molecular formula is C15H21ClNO6P. The average Bonchev–Trinajstić information content (AvgIpc) is 2.51. The molecule has 1 amide bonds. The van der Waals surface area contributed by atoms with Crippen LogP contribution in [-0.4, -0.2) is 41.3 Å². The Morgan fingerprint density at radius 3 is 2.38 bits per heavy atom. The molecule has 1 rings (SSSR count). The topological polar surface area (TPSA) is 105 Å². The number of hydrogen-bond acceptors (Lipinski definition) is 6. The fourth-order valence-electron chi connectivity index (χ4n) is 1.79. The van der Waals surface area contributed by atoms with Gasteiger partial charge in [0.1, 0.15) is 0 Å². The van der Waals surface area contributed by atoms with Crippen LogP contribution in [-0.2, 0) is 14.3 Å². The third-order valence-electron chi connectivity index (χ3n) is 3.08. The Hall–Kier alpha value is -1.40. The lowest BCUT2D eigenvalue weighted by Gasteiger charge is -2.18. The van der Waals surface area contributed by atoms with Gasteiger partial charge in [0.25, 0.3) is 0 Å². The SMILES string of the molecule is CC(C)C(=O)OCOC(=O)NC[C@@H](CP(O)O)c1ccc(Cl)cc1. The van der Waals surface area contributed by atoms with Gasteiger partial charge in [-0.2, -0.15) is 0 Å². The zero-order valence-electron chi connectivity index (χ0n) is 13.4. The van der Waals surface area contributed by atoms with E-state index in [2.05, 4.69) is 5.32 Å². The van der Waals surface area contributed by atoms with Crippen molar-refractivity contribution in [3.05, 3.63) is 34.9 Å². The first-order chi connectivity index (χ1) is 11.3. The molecule has 24 heavy (non-hydrogen) atoms. The maximum absolute atomic E-state index is 11.6. The fraction of sp³-hybridized carbons (Fsp3) is 0.467. The number of carbonyl (C=O) groups excluding carboxylic acids is 2. The second-order valence-electron chi connectivity index (χ2n) is 5.35. The Labute approximate surface area is 146 Å². The van der Waals surface area contributed by atoms with Crippen LogP contribution in [0.3, 0.4) is 0 Å². The lowest BCUT2D eigenvalue weighted by atomic mass is 10.0. The Kier molecular flexibility index (Phi) is 9.00. The molecule has 0 aliphatic heterocycles. The smallest absolute Gasteiger partial charge is 0.410 e. The normalized spacial score (nSPS) is 12.1. The van der Waals surface area contributed by atoms with Crippen LogP contribution in [0.1, 0.15) is 25.3 Å². The molecule has 0 aliphatic carbocycles. The van der Waals surface area contributed by atoms with Crippen molar-refractivity contribution in [2.45, 2.75) is 19.8 Å². The third-order valence-corrected chi connectivity index (χ3v) is 4.10. The predicted molar refractivity (Wildman–Crippen MR) is 90.7 cm³/mol. The van der Waals surface area contributed by atoms with Crippen molar-refractivity contribution in [2.24, 2.45) is 5.92 Å². The third kappa shape index (κ3) is 7.93. The lowest BCUT2D eigenvalue weighted by molar-refractivity contribution is -0.155.